The molecule has 1 aromatic heterocycles. The van der Waals surface area contributed by atoms with Gasteiger partial charge in [0.15, 0.2) is 5.16 Å². The molecule has 162 valence electrons. The molecule has 4 aromatic rings. The predicted molar refractivity (Wildman–Crippen MR) is 135 cm³/mol. The van der Waals surface area contributed by atoms with Crippen LogP contribution in [0.25, 0.3) is 16.6 Å². The van der Waals surface area contributed by atoms with Crippen molar-refractivity contribution in [2.45, 2.75) is 17.0 Å². The summed E-state index contributed by atoms with van der Waals surface area (Å²) >= 11 is 9.10. The highest BCUT2D eigenvalue weighted by atomic mass is 35.5. The predicted octanol–water partition coefficient (Wildman–Crippen LogP) is 5.80. The quantitative estimate of drug-likeness (QED) is 0.278. The Morgan fingerprint density at radius 1 is 1.09 bits per heavy atom. The molecule has 1 amide bonds. The first-order chi connectivity index (χ1) is 15.5. The number of nitrogens with zero attached hydrogens (tertiary/aromatic N) is 2. The average Bonchev–Trinajstić information content (AvgIpc) is 2.80. The fourth-order valence-corrected chi connectivity index (χ4v) is 4.76. The lowest BCUT2D eigenvalue weighted by atomic mass is 10.2. The maximum absolute atomic E-state index is 13.3. The van der Waals surface area contributed by atoms with E-state index in [-0.39, 0.29) is 17.2 Å². The van der Waals surface area contributed by atoms with Gasteiger partial charge in [-0.05, 0) is 55.1 Å². The topological polar surface area (TPSA) is 64.0 Å². The van der Waals surface area contributed by atoms with Crippen LogP contribution < -0.4 is 10.9 Å². The van der Waals surface area contributed by atoms with E-state index in [9.17, 15) is 9.59 Å². The zero-order valence-electron chi connectivity index (χ0n) is 17.5. The fraction of sp³-hybridized carbons (Fsp3) is 0.125. The van der Waals surface area contributed by atoms with Gasteiger partial charge in [0.2, 0.25) is 5.91 Å². The number of aromatic nitrogens is 2. The zero-order valence-corrected chi connectivity index (χ0v) is 19.9. The molecule has 0 saturated heterocycles. The van der Waals surface area contributed by atoms with E-state index in [1.54, 1.807) is 36.0 Å². The Balaban J connectivity index is 1.69. The van der Waals surface area contributed by atoms with Crippen molar-refractivity contribution in [1.29, 1.82) is 0 Å². The van der Waals surface area contributed by atoms with E-state index in [2.05, 4.69) is 10.3 Å². The molecule has 5 nitrogen and oxygen atoms in total. The third-order valence-electron chi connectivity index (χ3n) is 4.87. The number of hydrogen-bond acceptors (Lipinski definition) is 5. The molecule has 0 unspecified atom stereocenters. The number of thioether (sulfide) groups is 2. The van der Waals surface area contributed by atoms with Gasteiger partial charge in [-0.15, -0.1) is 11.8 Å². The Bertz CT molecular complexity index is 1370. The van der Waals surface area contributed by atoms with E-state index in [1.807, 2.05) is 55.6 Å². The van der Waals surface area contributed by atoms with Crippen LogP contribution in [0.5, 0.6) is 0 Å². The van der Waals surface area contributed by atoms with Crippen molar-refractivity contribution < 1.29 is 4.79 Å². The van der Waals surface area contributed by atoms with E-state index in [4.69, 9.17) is 11.6 Å². The second-order valence-electron chi connectivity index (χ2n) is 7.02. The van der Waals surface area contributed by atoms with Crippen LogP contribution in [-0.2, 0) is 4.79 Å². The summed E-state index contributed by atoms with van der Waals surface area (Å²) in [6, 6.07) is 20.3. The number of anilines is 1. The molecular weight excluding hydrogens is 462 g/mol. The standard InChI is InChI=1S/C24H20ClN3O2S2/c1-15-11-12-16(13-18(15)25)28-23(30)17-7-3-4-8-19(17)27-24(28)32-14-22(29)26-20-9-5-6-10-21(20)31-2/h3-13H,14H2,1-2H3,(H,26,29). The number of halogens is 1. The van der Waals surface area contributed by atoms with Gasteiger partial charge in [-0.25, -0.2) is 4.98 Å². The van der Waals surface area contributed by atoms with Crippen molar-refractivity contribution in [1.82, 2.24) is 9.55 Å². The van der Waals surface area contributed by atoms with Crippen LogP contribution in [-0.4, -0.2) is 27.5 Å². The third-order valence-corrected chi connectivity index (χ3v) is 7.01. The van der Waals surface area contributed by atoms with Gasteiger partial charge < -0.3 is 5.32 Å². The van der Waals surface area contributed by atoms with Crippen LogP contribution in [0.3, 0.4) is 0 Å². The maximum atomic E-state index is 13.3. The fourth-order valence-electron chi connectivity index (χ4n) is 3.22. The Kier molecular flexibility index (Phi) is 6.89. The number of aryl methyl sites for hydroxylation is 1. The summed E-state index contributed by atoms with van der Waals surface area (Å²) in [6.07, 6.45) is 1.96. The molecule has 0 saturated carbocycles. The van der Waals surface area contributed by atoms with Gasteiger partial charge in [-0.1, -0.05) is 53.7 Å². The highest BCUT2D eigenvalue weighted by Crippen LogP contribution is 2.27. The van der Waals surface area contributed by atoms with Crippen molar-refractivity contribution in [3.8, 4) is 5.69 Å². The lowest BCUT2D eigenvalue weighted by Crippen LogP contribution is -2.23. The molecule has 0 fully saturated rings. The van der Waals surface area contributed by atoms with E-state index in [0.717, 1.165) is 16.1 Å². The van der Waals surface area contributed by atoms with Gasteiger partial charge in [-0.2, -0.15) is 0 Å². The van der Waals surface area contributed by atoms with E-state index < -0.39 is 0 Å². The number of carbonyl (C=O) groups is 1. The Morgan fingerprint density at radius 2 is 1.84 bits per heavy atom. The molecule has 8 heteroatoms. The smallest absolute Gasteiger partial charge is 0.266 e. The maximum Gasteiger partial charge on any atom is 0.266 e. The van der Waals surface area contributed by atoms with Crippen molar-refractivity contribution in [3.05, 3.63) is 87.7 Å². The van der Waals surface area contributed by atoms with Crippen molar-refractivity contribution >= 4 is 57.6 Å². The summed E-state index contributed by atoms with van der Waals surface area (Å²) < 4.78 is 1.52. The molecule has 3 aromatic carbocycles. The third kappa shape index (κ3) is 4.70. The molecule has 32 heavy (non-hydrogen) atoms. The number of benzene rings is 3. The highest BCUT2D eigenvalue weighted by Gasteiger charge is 2.16. The lowest BCUT2D eigenvalue weighted by Gasteiger charge is -2.14. The molecule has 0 aliphatic carbocycles. The number of amides is 1. The molecule has 0 aliphatic heterocycles. The number of fused-ring (bicyclic) bond motifs is 1. The van der Waals surface area contributed by atoms with Crippen LogP contribution in [0.2, 0.25) is 5.02 Å². The second kappa shape index (κ2) is 9.81. The Hall–Kier alpha value is -2.74. The molecule has 0 atom stereocenters. The first-order valence-corrected chi connectivity index (χ1v) is 12.4. The van der Waals surface area contributed by atoms with Crippen LogP contribution in [0.15, 0.2) is 81.6 Å². The largest absolute Gasteiger partial charge is 0.324 e. The summed E-state index contributed by atoms with van der Waals surface area (Å²) in [5.41, 5.74) is 2.67. The molecule has 1 N–H and O–H groups in total. The van der Waals surface area contributed by atoms with E-state index in [0.29, 0.717) is 26.8 Å². The minimum Gasteiger partial charge on any atom is -0.324 e. The first kappa shape index (κ1) is 22.5. The molecule has 0 bridgehead atoms. The van der Waals surface area contributed by atoms with Gasteiger partial charge in [0.25, 0.3) is 5.56 Å². The summed E-state index contributed by atoms with van der Waals surface area (Å²) in [5, 5.41) is 4.44. The van der Waals surface area contributed by atoms with Crippen molar-refractivity contribution in [2.24, 2.45) is 0 Å². The number of hydrogen-bond donors (Lipinski definition) is 1. The van der Waals surface area contributed by atoms with Gasteiger partial charge in [0.05, 0.1) is 28.0 Å². The van der Waals surface area contributed by atoms with Gasteiger partial charge in [0.1, 0.15) is 0 Å². The number of para-hydroxylation sites is 2. The minimum absolute atomic E-state index is 0.104. The highest BCUT2D eigenvalue weighted by molar-refractivity contribution is 7.99. The van der Waals surface area contributed by atoms with Crippen LogP contribution in [0.1, 0.15) is 5.56 Å². The molecule has 0 radical (unpaired) electrons. The van der Waals surface area contributed by atoms with E-state index in [1.165, 1.54) is 16.3 Å². The monoisotopic (exact) mass is 481 g/mol. The second-order valence-corrected chi connectivity index (χ2v) is 9.22. The van der Waals surface area contributed by atoms with Crippen LogP contribution >= 0.6 is 35.1 Å². The minimum atomic E-state index is -0.203. The lowest BCUT2D eigenvalue weighted by molar-refractivity contribution is -0.113. The van der Waals surface area contributed by atoms with Crippen molar-refractivity contribution in [3.63, 3.8) is 0 Å². The zero-order chi connectivity index (χ0) is 22.7. The Labute approximate surface area is 199 Å². The van der Waals surface area contributed by atoms with Gasteiger partial charge >= 0.3 is 0 Å². The Morgan fingerprint density at radius 3 is 2.62 bits per heavy atom. The summed E-state index contributed by atoms with van der Waals surface area (Å²) in [4.78, 5) is 31.7. The molecule has 0 spiro atoms. The van der Waals surface area contributed by atoms with Gasteiger partial charge in [-0.3, -0.25) is 14.2 Å². The number of rotatable bonds is 6. The molecule has 0 aliphatic rings. The van der Waals surface area contributed by atoms with Crippen LogP contribution in [0.4, 0.5) is 5.69 Å². The number of carbonyl (C=O) groups excluding carboxylic acids is 1. The SMILES string of the molecule is CSc1ccccc1NC(=O)CSc1nc2ccccc2c(=O)n1-c1ccc(C)c(Cl)c1. The number of nitrogens with one attached hydrogen (secondary N) is 1. The summed E-state index contributed by atoms with van der Waals surface area (Å²) in [7, 11) is 0. The van der Waals surface area contributed by atoms with Crippen molar-refractivity contribution in [2.75, 3.05) is 17.3 Å². The average molecular weight is 482 g/mol. The normalized spacial score (nSPS) is 11.0. The molecule has 4 rings (SSSR count). The summed E-state index contributed by atoms with van der Waals surface area (Å²) in [5.74, 6) is -0.0695. The van der Waals surface area contributed by atoms with Crippen LogP contribution in [0, 0.1) is 6.92 Å². The van der Waals surface area contributed by atoms with Gasteiger partial charge in [0, 0.05) is 9.92 Å². The summed E-state index contributed by atoms with van der Waals surface area (Å²) in [6.45, 7) is 1.90. The molecule has 1 heterocycles. The van der Waals surface area contributed by atoms with E-state index >= 15 is 0 Å². The molecular formula is C24H20ClN3O2S2. The first-order valence-electron chi connectivity index (χ1n) is 9.82.